The molecule has 2 aromatic carbocycles. The Morgan fingerprint density at radius 2 is 1.55 bits per heavy atom. The van der Waals surface area contributed by atoms with Gasteiger partial charge in [-0.15, -0.1) is 0 Å². The number of ether oxygens (including phenoxy) is 2. The van der Waals surface area contributed by atoms with Gasteiger partial charge in [-0.1, -0.05) is 48.0 Å². The highest BCUT2D eigenvalue weighted by atomic mass is 35.5. The van der Waals surface area contributed by atoms with Crippen molar-refractivity contribution in [2.24, 2.45) is 5.73 Å². The van der Waals surface area contributed by atoms with Crippen LogP contribution in [0.15, 0.2) is 54.6 Å². The monoisotopic (exact) mass is 889 g/mol. The topological polar surface area (TPSA) is 302 Å². The van der Waals surface area contributed by atoms with Crippen molar-refractivity contribution in [1.29, 1.82) is 0 Å². The number of carboxylic acids is 2. The number of hydrogen-bond acceptors (Lipinski definition) is 12. The summed E-state index contributed by atoms with van der Waals surface area (Å²) in [4.78, 5) is 111. The van der Waals surface area contributed by atoms with E-state index in [0.717, 1.165) is 18.2 Å². The largest absolute Gasteiger partial charge is 0.548 e. The molecule has 0 saturated carbocycles. The van der Waals surface area contributed by atoms with Crippen molar-refractivity contribution in [1.82, 2.24) is 26.6 Å². The Morgan fingerprint density at radius 3 is 2.15 bits per heavy atom. The first-order chi connectivity index (χ1) is 29.1. The zero-order valence-electron chi connectivity index (χ0n) is 34.5. The molecular weight excluding hydrogens is 839 g/mol. The van der Waals surface area contributed by atoms with E-state index < -0.39 is 108 Å². The van der Waals surface area contributed by atoms with Crippen molar-refractivity contribution in [3.63, 3.8) is 0 Å². The van der Waals surface area contributed by atoms with E-state index in [-0.39, 0.29) is 43.7 Å². The number of carboxylic acid groups (broad SMARTS) is 2. The second-order valence-electron chi connectivity index (χ2n) is 14.8. The van der Waals surface area contributed by atoms with Gasteiger partial charge in [0.05, 0.1) is 23.5 Å². The average molecular weight is 890 g/mol. The number of alkyl carbamates (subject to hydrolysis) is 1. The first-order valence-corrected chi connectivity index (χ1v) is 19.7. The van der Waals surface area contributed by atoms with E-state index in [9.17, 15) is 57.8 Å². The summed E-state index contributed by atoms with van der Waals surface area (Å²) in [6.45, 7) is 6.21. The number of carbonyl (C=O) groups excluding carboxylic acids is 8. The lowest BCUT2D eigenvalue weighted by Gasteiger charge is -2.27. The van der Waals surface area contributed by atoms with Gasteiger partial charge in [0.1, 0.15) is 29.5 Å². The van der Waals surface area contributed by atoms with Crippen LogP contribution < -0.4 is 37.4 Å². The second-order valence-corrected chi connectivity index (χ2v) is 15.2. The molecule has 0 bridgehead atoms. The molecule has 0 heterocycles. The average Bonchev–Trinajstić information content (AvgIpc) is 3.18. The van der Waals surface area contributed by atoms with E-state index >= 15 is 0 Å². The van der Waals surface area contributed by atoms with Crippen molar-refractivity contribution in [2.75, 3.05) is 6.54 Å². The highest BCUT2D eigenvalue weighted by Crippen LogP contribution is 2.22. The summed E-state index contributed by atoms with van der Waals surface area (Å²) in [6.07, 6.45) is -1.78. The van der Waals surface area contributed by atoms with E-state index in [1.54, 1.807) is 39.0 Å². The predicted octanol–water partition coefficient (Wildman–Crippen LogP) is 1.31. The molecule has 0 aliphatic heterocycles. The Labute approximate surface area is 361 Å². The number of benzene rings is 2. The number of nitrogens with two attached hydrogens (primary N) is 1. The van der Waals surface area contributed by atoms with Gasteiger partial charge in [-0.05, 0) is 82.7 Å². The highest BCUT2D eigenvalue weighted by molar-refractivity contribution is 6.32. The lowest BCUT2D eigenvalue weighted by Crippen LogP contribution is -2.52. The molecule has 6 amide bonds. The molecule has 0 unspecified atom stereocenters. The lowest BCUT2D eigenvalue weighted by atomic mass is 10.0. The zero-order chi connectivity index (χ0) is 46.6. The SMILES string of the molecule is C[C@H](NC(=O)/C=C/c1ccc(F)cc1Cl)C(=O)N[C@H](CCC(=O)N[C@@H](CCCCNC(=O)CCC(=O)O[C@@H](C(=O)O)[C@@H](NC(=O)OC(C)(C)C)c1ccccc1)C(=O)[O-])C(N)=O. The third-order valence-electron chi connectivity index (χ3n) is 8.50. The van der Waals surface area contributed by atoms with Crippen molar-refractivity contribution in [3.05, 3.63) is 76.6 Å². The van der Waals surface area contributed by atoms with Crippen LogP contribution in [0.3, 0.4) is 0 Å². The summed E-state index contributed by atoms with van der Waals surface area (Å²) >= 11 is 5.93. The number of esters is 1. The smallest absolute Gasteiger partial charge is 0.408 e. The van der Waals surface area contributed by atoms with Crippen LogP contribution in [0.5, 0.6) is 0 Å². The molecule has 0 saturated heterocycles. The maximum Gasteiger partial charge on any atom is 0.408 e. The van der Waals surface area contributed by atoms with Crippen LogP contribution >= 0.6 is 11.6 Å². The molecule has 0 aliphatic rings. The number of hydrogen-bond donors (Lipinski definition) is 7. The van der Waals surface area contributed by atoms with Crippen molar-refractivity contribution in [2.45, 2.75) is 109 Å². The van der Waals surface area contributed by atoms with Gasteiger partial charge in [0.25, 0.3) is 0 Å². The molecule has 2 rings (SSSR count). The van der Waals surface area contributed by atoms with Crippen molar-refractivity contribution >= 4 is 71.2 Å². The molecule has 5 atom stereocenters. The fraction of sp³-hybridized carbons (Fsp3) is 0.439. The fourth-order valence-electron chi connectivity index (χ4n) is 5.40. The molecule has 338 valence electrons. The van der Waals surface area contributed by atoms with Crippen LogP contribution in [0, 0.1) is 5.82 Å². The maximum atomic E-state index is 13.2. The Kier molecular flexibility index (Phi) is 21.0. The number of halogens is 2. The van der Waals surface area contributed by atoms with Crippen LogP contribution in [-0.4, -0.2) is 95.0 Å². The quantitative estimate of drug-likeness (QED) is 0.0445. The molecular formula is C41H51ClFN6O13-. The number of primary amides is 1. The summed E-state index contributed by atoms with van der Waals surface area (Å²) in [7, 11) is 0. The summed E-state index contributed by atoms with van der Waals surface area (Å²) < 4.78 is 23.7. The maximum absolute atomic E-state index is 13.2. The summed E-state index contributed by atoms with van der Waals surface area (Å²) in [5.41, 5.74) is 5.13. The molecule has 0 fully saturated rings. The summed E-state index contributed by atoms with van der Waals surface area (Å²) in [5, 5.41) is 33.6. The lowest BCUT2D eigenvalue weighted by molar-refractivity contribution is -0.308. The third-order valence-corrected chi connectivity index (χ3v) is 8.83. The number of nitrogens with one attached hydrogen (secondary N) is 5. The molecule has 62 heavy (non-hydrogen) atoms. The fourth-order valence-corrected chi connectivity index (χ4v) is 5.63. The molecule has 8 N–H and O–H groups in total. The predicted molar refractivity (Wildman–Crippen MR) is 218 cm³/mol. The number of carbonyl (C=O) groups is 9. The number of rotatable bonds is 24. The molecule has 0 aromatic heterocycles. The van der Waals surface area contributed by atoms with Gasteiger partial charge < -0.3 is 56.8 Å². The minimum absolute atomic E-state index is 0.0486. The van der Waals surface area contributed by atoms with Gasteiger partial charge in [0, 0.05) is 25.5 Å². The summed E-state index contributed by atoms with van der Waals surface area (Å²) in [5.74, 6) is -8.69. The van der Waals surface area contributed by atoms with E-state index in [1.807, 2.05) is 0 Å². The highest BCUT2D eigenvalue weighted by Gasteiger charge is 2.35. The number of amides is 6. The van der Waals surface area contributed by atoms with Gasteiger partial charge in [0.2, 0.25) is 35.6 Å². The van der Waals surface area contributed by atoms with E-state index in [2.05, 4.69) is 26.6 Å². The third kappa shape index (κ3) is 19.7. The van der Waals surface area contributed by atoms with Gasteiger partial charge in [0.15, 0.2) is 0 Å². The van der Waals surface area contributed by atoms with E-state index in [0.29, 0.717) is 11.1 Å². The number of aliphatic carboxylic acids is 2. The van der Waals surface area contributed by atoms with Crippen LogP contribution in [0.4, 0.5) is 9.18 Å². The first-order valence-electron chi connectivity index (χ1n) is 19.3. The minimum atomic E-state index is -1.87. The van der Waals surface area contributed by atoms with Gasteiger partial charge in [-0.3, -0.25) is 28.8 Å². The number of unbranched alkanes of at least 4 members (excludes halogenated alkanes) is 1. The van der Waals surface area contributed by atoms with Gasteiger partial charge in [-0.25, -0.2) is 14.0 Å². The molecule has 0 radical (unpaired) electrons. The van der Waals surface area contributed by atoms with Crippen LogP contribution in [-0.2, 0) is 47.8 Å². The first kappa shape index (κ1) is 51.6. The van der Waals surface area contributed by atoms with Gasteiger partial charge in [-0.2, -0.15) is 0 Å². The molecule has 19 nitrogen and oxygen atoms in total. The zero-order valence-corrected chi connectivity index (χ0v) is 35.3. The normalized spacial score (nSPS) is 13.6. The Balaban J connectivity index is 1.79. The minimum Gasteiger partial charge on any atom is -0.548 e. The van der Waals surface area contributed by atoms with Crippen LogP contribution in [0.1, 0.15) is 89.8 Å². The summed E-state index contributed by atoms with van der Waals surface area (Å²) in [6, 6.07) is 6.15. The van der Waals surface area contributed by atoms with Gasteiger partial charge >= 0.3 is 18.0 Å². The molecule has 0 spiro atoms. The molecule has 2 aromatic rings. The molecule has 21 heteroatoms. The van der Waals surface area contributed by atoms with Crippen LogP contribution in [0.25, 0.3) is 6.08 Å². The second kappa shape index (κ2) is 25.3. The standard InChI is InChI=1S/C41H52ClFN6O13/c1-23(46-31(51)17-14-24-13-15-26(43)22-27(24)42)37(55)48-28(36(44)54)16-18-32(52)47-29(38(56)57)12-8-9-21-45-30(50)19-20-33(53)61-35(39(58)59)34(25-10-6-5-7-11-25)49-40(60)62-41(2,3)4/h5-7,10-11,13-15,17,22-23,28-29,34-35H,8-9,12,16,18-21H2,1-4H3,(H2,44,54)(H,45,50)(H,46,51)(H,47,52)(H,48,55)(H,49,60)(H,56,57)(H,58,59)/p-1/b17-14+/t23-,28+,29-,34-,35+/m0/s1. The van der Waals surface area contributed by atoms with Crippen molar-refractivity contribution < 1.29 is 67.2 Å². The molecule has 0 aliphatic carbocycles. The Hall–Kier alpha value is -6.57. The van der Waals surface area contributed by atoms with Crippen molar-refractivity contribution in [3.8, 4) is 0 Å². The van der Waals surface area contributed by atoms with E-state index in [4.69, 9.17) is 26.8 Å². The van der Waals surface area contributed by atoms with E-state index in [1.165, 1.54) is 31.2 Å². The Bertz CT molecular complexity index is 1960. The Morgan fingerprint density at radius 1 is 0.871 bits per heavy atom. The van der Waals surface area contributed by atoms with Crippen LogP contribution in [0.2, 0.25) is 5.02 Å².